The molecule has 3 aromatic heterocycles. The van der Waals surface area contributed by atoms with Gasteiger partial charge in [0.2, 0.25) is 0 Å². The Bertz CT molecular complexity index is 917. The molecule has 6 nitrogen and oxygen atoms in total. The monoisotopic (exact) mass is 355 g/mol. The molecule has 3 N–H and O–H groups in total. The molecule has 0 radical (unpaired) electrons. The highest BCUT2D eigenvalue weighted by atomic mass is 19.1. The molecule has 0 saturated carbocycles. The molecule has 7 heteroatoms. The standard InChI is InChI=1S/C19H22FN5O/c1-12(26)13-4-7-18-22-10-16(25(18)11-13)19-15(20)5-6-17(24-19)23-14-3-2-8-21-9-14/h4-7,10-12,14,21,26H,2-3,8-9H2,1H3,(H,23,24). The van der Waals surface area contributed by atoms with E-state index in [2.05, 4.69) is 20.6 Å². The Hall–Kier alpha value is -2.51. The van der Waals surface area contributed by atoms with Crippen LogP contribution in [0.4, 0.5) is 10.2 Å². The summed E-state index contributed by atoms with van der Waals surface area (Å²) in [7, 11) is 0. The van der Waals surface area contributed by atoms with Crippen molar-refractivity contribution in [3.63, 3.8) is 0 Å². The minimum atomic E-state index is -0.612. The van der Waals surface area contributed by atoms with E-state index >= 15 is 0 Å². The summed E-state index contributed by atoms with van der Waals surface area (Å²) in [4.78, 5) is 8.82. The maximum Gasteiger partial charge on any atom is 0.151 e. The van der Waals surface area contributed by atoms with Crippen LogP contribution in [0.2, 0.25) is 0 Å². The predicted octanol–water partition coefficient (Wildman–Crippen LogP) is 2.75. The zero-order valence-electron chi connectivity index (χ0n) is 14.6. The number of hydrogen-bond acceptors (Lipinski definition) is 5. The molecule has 4 heterocycles. The predicted molar refractivity (Wildman–Crippen MR) is 98.5 cm³/mol. The highest BCUT2D eigenvalue weighted by Crippen LogP contribution is 2.25. The number of nitrogens with one attached hydrogen (secondary N) is 2. The van der Waals surface area contributed by atoms with Gasteiger partial charge < -0.3 is 15.7 Å². The van der Waals surface area contributed by atoms with Gasteiger partial charge in [0, 0.05) is 18.8 Å². The lowest BCUT2D eigenvalue weighted by molar-refractivity contribution is 0.199. The van der Waals surface area contributed by atoms with Crippen molar-refractivity contribution in [2.75, 3.05) is 18.4 Å². The van der Waals surface area contributed by atoms with Crippen LogP contribution >= 0.6 is 0 Å². The van der Waals surface area contributed by atoms with Gasteiger partial charge in [0.1, 0.15) is 17.2 Å². The summed E-state index contributed by atoms with van der Waals surface area (Å²) in [6.45, 7) is 3.61. The number of fused-ring (bicyclic) bond motifs is 1. The molecule has 0 bridgehead atoms. The second kappa shape index (κ2) is 7.01. The third-order valence-electron chi connectivity index (χ3n) is 4.75. The SMILES string of the molecule is CC(O)c1ccc2ncc(-c3nc(NC4CCCNC4)ccc3F)n2c1. The van der Waals surface area contributed by atoms with Gasteiger partial charge in [-0.05, 0) is 50.1 Å². The zero-order valence-corrected chi connectivity index (χ0v) is 14.6. The Morgan fingerprint density at radius 1 is 1.35 bits per heavy atom. The number of anilines is 1. The van der Waals surface area contributed by atoms with E-state index in [-0.39, 0.29) is 5.69 Å². The van der Waals surface area contributed by atoms with Crippen molar-refractivity contribution in [3.8, 4) is 11.4 Å². The first-order valence-electron chi connectivity index (χ1n) is 8.91. The van der Waals surface area contributed by atoms with E-state index in [4.69, 9.17) is 0 Å². The largest absolute Gasteiger partial charge is 0.389 e. The molecule has 2 unspecified atom stereocenters. The molecule has 2 atom stereocenters. The van der Waals surface area contributed by atoms with Crippen LogP contribution in [0.25, 0.3) is 17.0 Å². The molecular formula is C19H22FN5O. The lowest BCUT2D eigenvalue weighted by atomic mass is 10.1. The normalized spacial score (nSPS) is 18.8. The van der Waals surface area contributed by atoms with Gasteiger partial charge in [0.05, 0.1) is 18.0 Å². The summed E-state index contributed by atoms with van der Waals surface area (Å²) in [5, 5.41) is 16.5. The molecule has 1 aliphatic rings. The molecule has 1 aliphatic heterocycles. The highest BCUT2D eigenvalue weighted by Gasteiger charge is 2.17. The van der Waals surface area contributed by atoms with Gasteiger partial charge in [-0.15, -0.1) is 0 Å². The Morgan fingerprint density at radius 3 is 3.00 bits per heavy atom. The minimum Gasteiger partial charge on any atom is -0.389 e. The molecule has 0 aliphatic carbocycles. The van der Waals surface area contributed by atoms with Gasteiger partial charge in [-0.25, -0.2) is 14.4 Å². The number of piperidine rings is 1. The summed E-state index contributed by atoms with van der Waals surface area (Å²) in [6, 6.07) is 7.00. The van der Waals surface area contributed by atoms with Gasteiger partial charge in [0.25, 0.3) is 0 Å². The van der Waals surface area contributed by atoms with E-state index in [9.17, 15) is 9.50 Å². The van der Waals surface area contributed by atoms with Crippen molar-refractivity contribution >= 4 is 11.5 Å². The van der Waals surface area contributed by atoms with Gasteiger partial charge in [-0.1, -0.05) is 6.07 Å². The van der Waals surface area contributed by atoms with E-state index in [1.165, 1.54) is 6.07 Å². The van der Waals surface area contributed by atoms with Crippen LogP contribution < -0.4 is 10.6 Å². The zero-order chi connectivity index (χ0) is 18.1. The van der Waals surface area contributed by atoms with E-state index < -0.39 is 11.9 Å². The van der Waals surface area contributed by atoms with Crippen LogP contribution in [0.3, 0.4) is 0 Å². The van der Waals surface area contributed by atoms with Crippen molar-refractivity contribution in [3.05, 3.63) is 48.0 Å². The number of halogens is 1. The fourth-order valence-electron chi connectivity index (χ4n) is 3.31. The Morgan fingerprint density at radius 2 is 2.23 bits per heavy atom. The molecule has 0 aromatic carbocycles. The van der Waals surface area contributed by atoms with Gasteiger partial charge in [-0.3, -0.25) is 4.40 Å². The summed E-state index contributed by atoms with van der Waals surface area (Å²) >= 11 is 0. The van der Waals surface area contributed by atoms with Crippen molar-refractivity contribution in [2.45, 2.75) is 31.9 Å². The van der Waals surface area contributed by atoms with E-state index in [0.29, 0.717) is 23.2 Å². The molecule has 1 fully saturated rings. The van der Waals surface area contributed by atoms with E-state index in [0.717, 1.165) is 31.5 Å². The highest BCUT2D eigenvalue weighted by molar-refractivity contribution is 5.63. The topological polar surface area (TPSA) is 74.5 Å². The number of aromatic nitrogens is 3. The molecule has 26 heavy (non-hydrogen) atoms. The maximum absolute atomic E-state index is 14.5. The quantitative estimate of drug-likeness (QED) is 0.671. The summed E-state index contributed by atoms with van der Waals surface area (Å²) in [5.41, 5.74) is 2.22. The third kappa shape index (κ3) is 3.27. The Balaban J connectivity index is 1.71. The average molecular weight is 355 g/mol. The van der Waals surface area contributed by atoms with E-state index in [1.807, 2.05) is 6.07 Å². The first kappa shape index (κ1) is 16.9. The van der Waals surface area contributed by atoms with E-state index in [1.54, 1.807) is 35.9 Å². The summed E-state index contributed by atoms with van der Waals surface area (Å²) < 4.78 is 16.3. The summed E-state index contributed by atoms with van der Waals surface area (Å²) in [6.07, 6.45) is 4.95. The second-order valence-electron chi connectivity index (χ2n) is 6.72. The summed E-state index contributed by atoms with van der Waals surface area (Å²) in [5.74, 6) is 0.248. The van der Waals surface area contributed by atoms with Gasteiger partial charge in [0.15, 0.2) is 5.82 Å². The molecular weight excluding hydrogens is 333 g/mol. The number of aliphatic hydroxyl groups excluding tert-OH is 1. The molecule has 3 aromatic rings. The lowest BCUT2D eigenvalue weighted by Crippen LogP contribution is -2.38. The van der Waals surface area contributed by atoms with Crippen molar-refractivity contribution < 1.29 is 9.50 Å². The molecule has 0 amide bonds. The van der Waals surface area contributed by atoms with Gasteiger partial charge in [-0.2, -0.15) is 0 Å². The van der Waals surface area contributed by atoms with Crippen LogP contribution in [0, 0.1) is 5.82 Å². The molecule has 4 rings (SSSR count). The molecule has 0 spiro atoms. The maximum atomic E-state index is 14.5. The Kier molecular flexibility index (Phi) is 4.57. The third-order valence-corrected chi connectivity index (χ3v) is 4.75. The number of nitrogens with zero attached hydrogens (tertiary/aromatic N) is 3. The number of aliphatic hydroxyl groups is 1. The average Bonchev–Trinajstić information content (AvgIpc) is 3.07. The first-order valence-corrected chi connectivity index (χ1v) is 8.91. The first-order chi connectivity index (χ1) is 12.6. The second-order valence-corrected chi connectivity index (χ2v) is 6.72. The van der Waals surface area contributed by atoms with Crippen molar-refractivity contribution in [1.82, 2.24) is 19.7 Å². The molecule has 136 valence electrons. The lowest BCUT2D eigenvalue weighted by Gasteiger charge is -2.24. The minimum absolute atomic E-state index is 0.244. The Labute approximate surface area is 151 Å². The van der Waals surface area contributed by atoms with Crippen LogP contribution in [-0.2, 0) is 0 Å². The number of pyridine rings is 2. The fourth-order valence-corrected chi connectivity index (χ4v) is 3.31. The van der Waals surface area contributed by atoms with Crippen LogP contribution in [0.1, 0.15) is 31.4 Å². The van der Waals surface area contributed by atoms with Crippen LogP contribution in [0.15, 0.2) is 36.7 Å². The van der Waals surface area contributed by atoms with Gasteiger partial charge >= 0.3 is 0 Å². The van der Waals surface area contributed by atoms with Crippen molar-refractivity contribution in [1.29, 1.82) is 0 Å². The number of rotatable bonds is 4. The fraction of sp³-hybridized carbons (Fsp3) is 0.368. The van der Waals surface area contributed by atoms with Crippen molar-refractivity contribution in [2.24, 2.45) is 0 Å². The number of imidazole rings is 1. The molecule has 1 saturated heterocycles. The number of hydrogen-bond donors (Lipinski definition) is 3. The van der Waals surface area contributed by atoms with Crippen LogP contribution in [0.5, 0.6) is 0 Å². The smallest absolute Gasteiger partial charge is 0.151 e. The van der Waals surface area contributed by atoms with Crippen LogP contribution in [-0.4, -0.2) is 38.6 Å².